The zero-order valence-corrected chi connectivity index (χ0v) is 11.0. The molecule has 0 fully saturated rings. The molecule has 0 aliphatic heterocycles. The van der Waals surface area contributed by atoms with Crippen LogP contribution in [-0.4, -0.2) is 24.2 Å². The Morgan fingerprint density at radius 3 is 2.94 bits per heavy atom. The lowest BCUT2D eigenvalue weighted by molar-refractivity contribution is 0.127. The Bertz CT molecular complexity index is 493. The highest BCUT2D eigenvalue weighted by molar-refractivity contribution is 5.81. The predicted molar refractivity (Wildman–Crippen MR) is 74.5 cm³/mol. The molecule has 18 heavy (non-hydrogen) atoms. The highest BCUT2D eigenvalue weighted by Gasteiger charge is 2.04. The maximum absolute atomic E-state index is 5.39. The molecule has 0 saturated carbocycles. The van der Waals surface area contributed by atoms with Gasteiger partial charge in [-0.2, -0.15) is 0 Å². The molecule has 1 atom stereocenters. The molecule has 1 N–H and O–H groups in total. The number of para-hydroxylation sites is 1. The zero-order chi connectivity index (χ0) is 12.8. The van der Waals surface area contributed by atoms with Gasteiger partial charge in [0.25, 0.3) is 0 Å². The van der Waals surface area contributed by atoms with Crippen molar-refractivity contribution in [2.75, 3.05) is 13.2 Å². The van der Waals surface area contributed by atoms with Crippen LogP contribution in [0.4, 0.5) is 0 Å². The van der Waals surface area contributed by atoms with Crippen molar-refractivity contribution in [3.8, 4) is 0 Å². The van der Waals surface area contributed by atoms with Gasteiger partial charge in [-0.25, -0.2) is 0 Å². The molecule has 0 aliphatic rings. The molecule has 0 bridgehead atoms. The molecule has 1 aromatic heterocycles. The van der Waals surface area contributed by atoms with Crippen LogP contribution in [-0.2, 0) is 11.3 Å². The van der Waals surface area contributed by atoms with Crippen molar-refractivity contribution < 1.29 is 4.74 Å². The summed E-state index contributed by atoms with van der Waals surface area (Å²) in [6.07, 6.45) is 1.84. The van der Waals surface area contributed by atoms with E-state index in [1.165, 1.54) is 10.9 Å². The molecule has 0 amide bonds. The first-order chi connectivity index (χ1) is 8.81. The van der Waals surface area contributed by atoms with Gasteiger partial charge in [-0.15, -0.1) is 0 Å². The first kappa shape index (κ1) is 13.0. The Hall–Kier alpha value is -1.45. The van der Waals surface area contributed by atoms with E-state index in [-0.39, 0.29) is 0 Å². The lowest BCUT2D eigenvalue weighted by Crippen LogP contribution is -2.30. The SMILES string of the molecule is CCOCC(C)NCc1cccc2cccnc12. The smallest absolute Gasteiger partial charge is 0.0746 e. The lowest BCUT2D eigenvalue weighted by Gasteiger charge is -2.14. The maximum Gasteiger partial charge on any atom is 0.0746 e. The van der Waals surface area contributed by atoms with Crippen LogP contribution in [0.5, 0.6) is 0 Å². The van der Waals surface area contributed by atoms with Crippen molar-refractivity contribution in [3.63, 3.8) is 0 Å². The van der Waals surface area contributed by atoms with Gasteiger partial charge in [0.15, 0.2) is 0 Å². The standard InChI is InChI=1S/C15H20N2O/c1-3-18-11-12(2)17-10-14-7-4-6-13-8-5-9-16-15(13)14/h4-9,12,17H,3,10-11H2,1-2H3. The van der Waals surface area contributed by atoms with Crippen LogP contribution in [0.25, 0.3) is 10.9 Å². The van der Waals surface area contributed by atoms with Gasteiger partial charge < -0.3 is 10.1 Å². The Labute approximate surface area is 108 Å². The van der Waals surface area contributed by atoms with Crippen molar-refractivity contribution in [2.24, 2.45) is 0 Å². The van der Waals surface area contributed by atoms with Gasteiger partial charge in [0.1, 0.15) is 0 Å². The number of fused-ring (bicyclic) bond motifs is 1. The van der Waals surface area contributed by atoms with E-state index >= 15 is 0 Å². The molecule has 3 heteroatoms. The minimum atomic E-state index is 0.351. The fraction of sp³-hybridized carbons (Fsp3) is 0.400. The van der Waals surface area contributed by atoms with E-state index in [1.54, 1.807) is 0 Å². The third-order valence-electron chi connectivity index (χ3n) is 2.93. The summed E-state index contributed by atoms with van der Waals surface area (Å²) in [5, 5.41) is 4.65. The molecule has 0 aliphatic carbocycles. The number of hydrogen-bond acceptors (Lipinski definition) is 3. The van der Waals surface area contributed by atoms with Gasteiger partial charge >= 0.3 is 0 Å². The third kappa shape index (κ3) is 3.28. The molecule has 3 nitrogen and oxygen atoms in total. The quantitative estimate of drug-likeness (QED) is 0.848. The van der Waals surface area contributed by atoms with Crippen molar-refractivity contribution in [2.45, 2.75) is 26.4 Å². The maximum atomic E-state index is 5.39. The summed E-state index contributed by atoms with van der Waals surface area (Å²) in [4.78, 5) is 4.45. The van der Waals surface area contributed by atoms with E-state index in [9.17, 15) is 0 Å². The predicted octanol–water partition coefficient (Wildman–Crippen LogP) is 2.75. The molecule has 1 aromatic carbocycles. The number of hydrogen-bond donors (Lipinski definition) is 1. The summed E-state index contributed by atoms with van der Waals surface area (Å²) in [6.45, 7) is 6.48. The van der Waals surface area contributed by atoms with E-state index < -0.39 is 0 Å². The Morgan fingerprint density at radius 2 is 2.11 bits per heavy atom. The van der Waals surface area contributed by atoms with E-state index in [0.717, 1.165) is 25.3 Å². The van der Waals surface area contributed by atoms with Gasteiger partial charge in [-0.05, 0) is 25.5 Å². The molecule has 0 spiro atoms. The van der Waals surface area contributed by atoms with Gasteiger partial charge in [-0.3, -0.25) is 4.98 Å². The third-order valence-corrected chi connectivity index (χ3v) is 2.93. The van der Waals surface area contributed by atoms with Crippen LogP contribution in [0.2, 0.25) is 0 Å². The van der Waals surface area contributed by atoms with E-state index in [1.807, 2.05) is 19.2 Å². The number of aromatic nitrogens is 1. The van der Waals surface area contributed by atoms with E-state index in [2.05, 4.69) is 41.5 Å². The Morgan fingerprint density at radius 1 is 1.28 bits per heavy atom. The fourth-order valence-electron chi connectivity index (χ4n) is 1.95. The highest BCUT2D eigenvalue weighted by Crippen LogP contribution is 2.15. The summed E-state index contributed by atoms with van der Waals surface area (Å²) in [7, 11) is 0. The number of pyridine rings is 1. The van der Waals surface area contributed by atoms with Crippen molar-refractivity contribution in [1.29, 1.82) is 0 Å². The molecule has 2 rings (SSSR count). The van der Waals surface area contributed by atoms with Crippen molar-refractivity contribution in [1.82, 2.24) is 10.3 Å². The highest BCUT2D eigenvalue weighted by atomic mass is 16.5. The minimum absolute atomic E-state index is 0.351. The summed E-state index contributed by atoms with van der Waals surface area (Å²) in [6, 6.07) is 10.7. The second-order valence-corrected chi connectivity index (χ2v) is 4.43. The molecule has 1 heterocycles. The number of nitrogens with zero attached hydrogens (tertiary/aromatic N) is 1. The average Bonchev–Trinajstić information content (AvgIpc) is 2.42. The molecular weight excluding hydrogens is 224 g/mol. The van der Waals surface area contributed by atoms with Crippen molar-refractivity contribution >= 4 is 10.9 Å². The molecule has 0 radical (unpaired) electrons. The minimum Gasteiger partial charge on any atom is -0.380 e. The normalized spacial score (nSPS) is 12.8. The van der Waals surface area contributed by atoms with Crippen LogP contribution in [0.3, 0.4) is 0 Å². The van der Waals surface area contributed by atoms with Crippen LogP contribution in [0.15, 0.2) is 36.5 Å². The fourth-order valence-corrected chi connectivity index (χ4v) is 1.95. The summed E-state index contributed by atoms with van der Waals surface area (Å²) in [5.74, 6) is 0. The second-order valence-electron chi connectivity index (χ2n) is 4.43. The zero-order valence-electron chi connectivity index (χ0n) is 11.0. The van der Waals surface area contributed by atoms with Crippen LogP contribution < -0.4 is 5.32 Å². The van der Waals surface area contributed by atoms with E-state index in [0.29, 0.717) is 6.04 Å². The molecule has 1 unspecified atom stereocenters. The largest absolute Gasteiger partial charge is 0.380 e. The Balaban J connectivity index is 2.03. The van der Waals surface area contributed by atoms with Crippen molar-refractivity contribution in [3.05, 3.63) is 42.1 Å². The monoisotopic (exact) mass is 244 g/mol. The topological polar surface area (TPSA) is 34.1 Å². The van der Waals surface area contributed by atoms with Crippen LogP contribution in [0.1, 0.15) is 19.4 Å². The summed E-state index contributed by atoms with van der Waals surface area (Å²) >= 11 is 0. The molecular formula is C15H20N2O. The number of benzene rings is 1. The lowest BCUT2D eigenvalue weighted by atomic mass is 10.1. The number of nitrogens with one attached hydrogen (secondary N) is 1. The van der Waals surface area contributed by atoms with Gasteiger partial charge in [-0.1, -0.05) is 24.3 Å². The van der Waals surface area contributed by atoms with Gasteiger partial charge in [0.05, 0.1) is 12.1 Å². The molecule has 0 saturated heterocycles. The first-order valence-corrected chi connectivity index (χ1v) is 6.45. The second kappa shape index (κ2) is 6.47. The summed E-state index contributed by atoms with van der Waals surface area (Å²) < 4.78 is 5.39. The average molecular weight is 244 g/mol. The van der Waals surface area contributed by atoms with Crippen LogP contribution >= 0.6 is 0 Å². The van der Waals surface area contributed by atoms with Crippen LogP contribution in [0, 0.1) is 0 Å². The van der Waals surface area contributed by atoms with Gasteiger partial charge in [0.2, 0.25) is 0 Å². The number of rotatable bonds is 6. The Kier molecular flexibility index (Phi) is 4.67. The summed E-state index contributed by atoms with van der Waals surface area (Å²) in [5.41, 5.74) is 2.31. The molecule has 2 aromatic rings. The number of ether oxygens (including phenoxy) is 1. The van der Waals surface area contributed by atoms with E-state index in [4.69, 9.17) is 4.74 Å². The van der Waals surface area contributed by atoms with Gasteiger partial charge in [0, 0.05) is 30.8 Å². The first-order valence-electron chi connectivity index (χ1n) is 6.45. The molecule has 96 valence electrons.